The van der Waals surface area contributed by atoms with E-state index in [1.54, 1.807) is 0 Å². The first-order valence-corrected chi connectivity index (χ1v) is 10.4. The Morgan fingerprint density at radius 2 is 1.76 bits per heavy atom. The quantitative estimate of drug-likeness (QED) is 0.357. The van der Waals surface area contributed by atoms with E-state index in [2.05, 4.69) is 20.0 Å². The predicted octanol–water partition coefficient (Wildman–Crippen LogP) is 2.56. The Morgan fingerprint density at radius 3 is 2.29 bits per heavy atom. The normalized spacial score (nSPS) is 17.3. The van der Waals surface area contributed by atoms with E-state index in [1.165, 1.54) is 0 Å². The Bertz CT molecular complexity index is 994. The van der Waals surface area contributed by atoms with Gasteiger partial charge in [-0.25, -0.2) is 14.4 Å². The summed E-state index contributed by atoms with van der Waals surface area (Å²) in [5.74, 6) is -2.95. The van der Waals surface area contributed by atoms with Gasteiger partial charge in [0.1, 0.15) is 25.4 Å². The molecule has 180 valence electrons. The number of anilines is 1. The van der Waals surface area contributed by atoms with E-state index in [9.17, 15) is 27.2 Å². The van der Waals surface area contributed by atoms with Gasteiger partial charge in [0, 0.05) is 42.9 Å². The van der Waals surface area contributed by atoms with E-state index >= 15 is 0 Å². The molecule has 2 amide bonds. The van der Waals surface area contributed by atoms with Gasteiger partial charge in [-0.1, -0.05) is 11.6 Å². The van der Waals surface area contributed by atoms with Crippen LogP contribution >= 0.6 is 11.6 Å². The van der Waals surface area contributed by atoms with E-state index in [1.807, 2.05) is 0 Å². The molecule has 1 aromatic heterocycles. The summed E-state index contributed by atoms with van der Waals surface area (Å²) >= 11 is 5.41. The lowest BCUT2D eigenvalue weighted by Gasteiger charge is -2.42. The van der Waals surface area contributed by atoms with E-state index in [4.69, 9.17) is 24.2 Å². The van der Waals surface area contributed by atoms with Gasteiger partial charge in [0.15, 0.2) is 0 Å². The van der Waals surface area contributed by atoms with E-state index in [-0.39, 0.29) is 17.3 Å². The van der Waals surface area contributed by atoms with Gasteiger partial charge in [0.25, 0.3) is 11.5 Å². The molecule has 0 saturated carbocycles. The van der Waals surface area contributed by atoms with Gasteiger partial charge in [-0.15, -0.1) is 13.2 Å². The maximum Gasteiger partial charge on any atom is 0.573 e. The summed E-state index contributed by atoms with van der Waals surface area (Å²) in [7, 11) is 6.48. The summed E-state index contributed by atoms with van der Waals surface area (Å²) in [6.45, 7) is 0.767. The molecule has 1 aliphatic rings. The number of ether oxygens (including phenoxy) is 2. The number of hydrogen-bond donors (Lipinski definition) is 1. The summed E-state index contributed by atoms with van der Waals surface area (Å²) in [6, 6.07) is 3.41. The van der Waals surface area contributed by atoms with Crippen LogP contribution in [-0.4, -0.2) is 60.9 Å². The van der Waals surface area contributed by atoms with Crippen LogP contribution in [0.2, 0.25) is 0 Å². The number of alkyl halides is 5. The number of halogens is 5. The highest BCUT2D eigenvalue weighted by molar-refractivity contribution is 6.37. The van der Waals surface area contributed by atoms with Crippen molar-refractivity contribution in [2.24, 2.45) is 0 Å². The molecule has 1 fully saturated rings. The van der Waals surface area contributed by atoms with Gasteiger partial charge in [-0.3, -0.25) is 14.5 Å². The van der Waals surface area contributed by atoms with Crippen molar-refractivity contribution in [3.8, 4) is 5.75 Å². The van der Waals surface area contributed by atoms with Crippen molar-refractivity contribution in [3.05, 3.63) is 48.5 Å². The van der Waals surface area contributed by atoms with Crippen LogP contribution < -0.4 is 15.0 Å². The number of hydrogen-bond acceptors (Lipinski definition) is 6. The molecule has 0 bridgehead atoms. The van der Waals surface area contributed by atoms with Crippen molar-refractivity contribution in [1.29, 1.82) is 0 Å². The average molecular weight is 501 g/mol. The van der Waals surface area contributed by atoms with Crippen molar-refractivity contribution in [3.63, 3.8) is 0 Å². The number of nitrogens with one attached hydrogen (secondary N) is 1. The Hall–Kier alpha value is -2.93. The number of amides is 2. The van der Waals surface area contributed by atoms with Crippen LogP contribution in [0.15, 0.2) is 43.0 Å². The summed E-state index contributed by atoms with van der Waals surface area (Å²) in [5, 5.41) is 2.71. The Morgan fingerprint density at radius 1 is 1.18 bits per heavy atom. The Kier molecular flexibility index (Phi) is 7.98. The molecular formula is C20H18BClF4N4O4. The first-order valence-electron chi connectivity index (χ1n) is 9.93. The first kappa shape index (κ1) is 25.7. The topological polar surface area (TPSA) is 93.6 Å². The molecule has 1 saturated heterocycles. The number of carbonyl (C=O) groups excluding carboxylic acids is 2. The molecule has 1 aromatic carbocycles. The van der Waals surface area contributed by atoms with Crippen LogP contribution in [0.1, 0.15) is 18.4 Å². The van der Waals surface area contributed by atoms with Crippen LogP contribution in [0.3, 0.4) is 0 Å². The molecule has 0 aliphatic carbocycles. The van der Waals surface area contributed by atoms with Crippen LogP contribution in [0, 0.1) is 0 Å². The van der Waals surface area contributed by atoms with Gasteiger partial charge >= 0.3 is 6.36 Å². The molecule has 0 spiro atoms. The summed E-state index contributed by atoms with van der Waals surface area (Å²) in [5.41, 5.74) is -5.37. The summed E-state index contributed by atoms with van der Waals surface area (Å²) in [4.78, 5) is 34.5. The number of carbonyl (C=O) groups is 2. The second kappa shape index (κ2) is 10.6. The number of rotatable bonds is 7. The van der Waals surface area contributed by atoms with Crippen molar-refractivity contribution in [2.75, 3.05) is 18.1 Å². The molecule has 2 aromatic rings. The molecule has 3 rings (SSSR count). The molecule has 8 nitrogen and oxygen atoms in total. The molecular weight excluding hydrogens is 483 g/mol. The fourth-order valence-electron chi connectivity index (χ4n) is 3.39. The fourth-order valence-corrected chi connectivity index (χ4v) is 3.49. The SMILES string of the molecule is [B][C@@](C(=O)NC1CCOCC1)(c1cncnc1)N(C(=O)[C@H](F)Cl)c1ccc(OC(F)(F)F)cc1. The molecule has 34 heavy (non-hydrogen) atoms. The summed E-state index contributed by atoms with van der Waals surface area (Å²) < 4.78 is 60.7. The minimum absolute atomic E-state index is 0.0964. The van der Waals surface area contributed by atoms with Crippen molar-refractivity contribution in [1.82, 2.24) is 15.3 Å². The zero-order chi connectivity index (χ0) is 24.9. The van der Waals surface area contributed by atoms with Gasteiger partial charge in [0.2, 0.25) is 5.91 Å². The second-order valence-electron chi connectivity index (χ2n) is 7.27. The lowest BCUT2D eigenvalue weighted by atomic mass is 9.70. The standard InChI is InChI=1S/C20H18BClF4N4O4/c21-19(12-9-27-11-28-10-12,18(32)29-13-5-7-33-8-6-13)30(17(31)16(22)23)14-1-3-15(4-2-14)34-20(24,25)26/h1-4,9-11,13,16H,5-8H2,(H,29,32)/t16-,19-/m0/s1. The first-order chi connectivity index (χ1) is 16.0. The number of aromatic nitrogens is 2. The molecule has 2 radical (unpaired) electrons. The molecule has 2 atom stereocenters. The fraction of sp³-hybridized carbons (Fsp3) is 0.400. The third-order valence-corrected chi connectivity index (χ3v) is 5.18. The van der Waals surface area contributed by atoms with Crippen LogP contribution in [-0.2, 0) is 19.8 Å². The van der Waals surface area contributed by atoms with Gasteiger partial charge in [-0.05, 0) is 37.1 Å². The van der Waals surface area contributed by atoms with Crippen LogP contribution in [0.4, 0.5) is 23.2 Å². The minimum atomic E-state index is -4.96. The zero-order valence-electron chi connectivity index (χ0n) is 17.5. The Balaban J connectivity index is 2.07. The van der Waals surface area contributed by atoms with Crippen molar-refractivity contribution >= 4 is 36.9 Å². The van der Waals surface area contributed by atoms with E-state index in [0.717, 1.165) is 43.0 Å². The van der Waals surface area contributed by atoms with Gasteiger partial charge in [-0.2, -0.15) is 0 Å². The maximum absolute atomic E-state index is 14.1. The third-order valence-electron chi connectivity index (χ3n) is 4.99. The third kappa shape index (κ3) is 5.95. The molecule has 0 unspecified atom stereocenters. The van der Waals surface area contributed by atoms with Crippen molar-refractivity contribution < 1.29 is 36.6 Å². The van der Waals surface area contributed by atoms with E-state index < -0.39 is 35.0 Å². The predicted molar refractivity (Wildman–Crippen MR) is 113 cm³/mol. The monoisotopic (exact) mass is 500 g/mol. The van der Waals surface area contributed by atoms with Gasteiger partial charge < -0.3 is 14.8 Å². The molecule has 1 aliphatic heterocycles. The number of benzene rings is 1. The largest absolute Gasteiger partial charge is 0.573 e. The molecule has 1 N–H and O–H groups in total. The second-order valence-corrected chi connectivity index (χ2v) is 7.65. The highest BCUT2D eigenvalue weighted by atomic mass is 35.5. The zero-order valence-corrected chi connectivity index (χ0v) is 18.2. The van der Waals surface area contributed by atoms with Crippen LogP contribution in [0.5, 0.6) is 5.75 Å². The molecule has 2 heterocycles. The van der Waals surface area contributed by atoms with E-state index in [0.29, 0.717) is 31.0 Å². The molecule has 14 heteroatoms. The van der Waals surface area contributed by atoms with Crippen LogP contribution in [0.25, 0.3) is 0 Å². The summed E-state index contributed by atoms with van der Waals surface area (Å²) in [6.07, 6.45) is -0.578. The van der Waals surface area contributed by atoms with Crippen molar-refractivity contribution in [2.45, 2.75) is 36.3 Å². The lowest BCUT2D eigenvalue weighted by molar-refractivity contribution is -0.274. The lowest BCUT2D eigenvalue weighted by Crippen LogP contribution is -2.62. The van der Waals surface area contributed by atoms with Gasteiger partial charge in [0.05, 0.1) is 0 Å². The number of nitrogens with zero attached hydrogens (tertiary/aromatic N) is 3. The maximum atomic E-state index is 14.1. The highest BCUT2D eigenvalue weighted by Gasteiger charge is 2.47. The average Bonchev–Trinajstić information content (AvgIpc) is 2.80. The highest BCUT2D eigenvalue weighted by Crippen LogP contribution is 2.34. The Labute approximate surface area is 198 Å². The smallest absolute Gasteiger partial charge is 0.406 e. The minimum Gasteiger partial charge on any atom is -0.406 e.